The van der Waals surface area contributed by atoms with Crippen LogP contribution in [0.5, 0.6) is 0 Å². The first-order valence-corrected chi connectivity index (χ1v) is 16.1. The lowest BCUT2D eigenvalue weighted by molar-refractivity contribution is -0.158. The number of rotatable bonds is 7. The van der Waals surface area contributed by atoms with E-state index in [0.717, 1.165) is 17.1 Å². The highest BCUT2D eigenvalue weighted by Crippen LogP contribution is 2.37. The maximum atomic E-state index is 13.2. The smallest absolute Gasteiger partial charge is 0.399 e. The molecule has 2 saturated heterocycles. The Kier molecular flexibility index (Phi) is 6.80. The van der Waals surface area contributed by atoms with E-state index < -0.39 is 32.4 Å². The maximum Gasteiger partial charge on any atom is 0.494 e. The molecule has 35 heavy (non-hydrogen) atoms. The molecule has 0 saturated carbocycles. The van der Waals surface area contributed by atoms with Gasteiger partial charge in [0, 0.05) is 33.2 Å². The molecule has 190 valence electrons. The standard InChI is InChI=1S/C25H37BN2O6Si/c1-24(2)25(3,4)34-26(33-24)18-8-9-19-17(14-18)15-27(22(19)30)20-10-11-21(29)28(23(20)31)16-32-12-13-35(5,6)7/h8-9,14,20H,10-13,15-16H2,1-7H3. The van der Waals surface area contributed by atoms with Crippen LogP contribution < -0.4 is 5.46 Å². The number of carbonyl (C=O) groups is 3. The van der Waals surface area contributed by atoms with E-state index in [1.54, 1.807) is 11.0 Å². The van der Waals surface area contributed by atoms with E-state index in [9.17, 15) is 14.4 Å². The highest BCUT2D eigenvalue weighted by molar-refractivity contribution is 6.76. The summed E-state index contributed by atoms with van der Waals surface area (Å²) in [6.45, 7) is 15.5. The van der Waals surface area contributed by atoms with Gasteiger partial charge in [0.2, 0.25) is 5.91 Å². The van der Waals surface area contributed by atoms with Crippen molar-refractivity contribution in [3.63, 3.8) is 0 Å². The van der Waals surface area contributed by atoms with Crippen molar-refractivity contribution in [2.45, 2.75) is 90.0 Å². The Morgan fingerprint density at radius 1 is 1.09 bits per heavy atom. The van der Waals surface area contributed by atoms with Crippen molar-refractivity contribution in [2.24, 2.45) is 0 Å². The van der Waals surface area contributed by atoms with E-state index in [1.807, 2.05) is 39.8 Å². The molecule has 2 fully saturated rings. The Labute approximate surface area is 209 Å². The molecule has 1 aromatic rings. The molecule has 0 aromatic heterocycles. The summed E-state index contributed by atoms with van der Waals surface area (Å²) in [5.41, 5.74) is 1.35. The summed E-state index contributed by atoms with van der Waals surface area (Å²) in [6.07, 6.45) is 0.542. The normalized spacial score (nSPS) is 23.9. The lowest BCUT2D eigenvalue weighted by Gasteiger charge is -2.35. The molecule has 1 aromatic carbocycles. The van der Waals surface area contributed by atoms with Gasteiger partial charge in [0.25, 0.3) is 11.8 Å². The zero-order chi connectivity index (χ0) is 25.8. The third kappa shape index (κ3) is 5.12. The molecule has 1 atom stereocenters. The van der Waals surface area contributed by atoms with Crippen LogP contribution in [0.4, 0.5) is 0 Å². The molecule has 4 rings (SSSR count). The van der Waals surface area contributed by atoms with Gasteiger partial charge in [0.1, 0.15) is 12.8 Å². The minimum absolute atomic E-state index is 0.0559. The van der Waals surface area contributed by atoms with Crippen LogP contribution in [0, 0.1) is 0 Å². The van der Waals surface area contributed by atoms with Crippen LogP contribution in [0.15, 0.2) is 18.2 Å². The largest absolute Gasteiger partial charge is 0.494 e. The molecule has 0 radical (unpaired) electrons. The average molecular weight is 500 g/mol. The molecule has 3 amide bonds. The minimum Gasteiger partial charge on any atom is -0.399 e. The van der Waals surface area contributed by atoms with Gasteiger partial charge in [-0.2, -0.15) is 0 Å². The van der Waals surface area contributed by atoms with Crippen molar-refractivity contribution in [1.29, 1.82) is 0 Å². The van der Waals surface area contributed by atoms with Crippen molar-refractivity contribution in [2.75, 3.05) is 13.3 Å². The second-order valence-corrected chi connectivity index (χ2v) is 17.6. The van der Waals surface area contributed by atoms with Gasteiger partial charge in [-0.1, -0.05) is 31.8 Å². The molecular formula is C25H37BN2O6Si. The first-order valence-electron chi connectivity index (χ1n) is 12.4. The van der Waals surface area contributed by atoms with Crippen molar-refractivity contribution in [3.05, 3.63) is 29.3 Å². The van der Waals surface area contributed by atoms with E-state index >= 15 is 0 Å². The molecule has 0 bridgehead atoms. The van der Waals surface area contributed by atoms with E-state index in [1.165, 1.54) is 4.90 Å². The Hall–Kier alpha value is -2.01. The number of carbonyl (C=O) groups excluding carboxylic acids is 3. The molecule has 0 spiro atoms. The topological polar surface area (TPSA) is 85.4 Å². The van der Waals surface area contributed by atoms with Crippen LogP contribution >= 0.6 is 0 Å². The Balaban J connectivity index is 1.45. The first-order chi connectivity index (χ1) is 16.2. The van der Waals surface area contributed by atoms with E-state index in [0.29, 0.717) is 25.1 Å². The van der Waals surface area contributed by atoms with Gasteiger partial charge in [-0.05, 0) is 57.3 Å². The van der Waals surface area contributed by atoms with Crippen molar-refractivity contribution in [1.82, 2.24) is 9.80 Å². The van der Waals surface area contributed by atoms with Gasteiger partial charge < -0.3 is 18.9 Å². The Morgan fingerprint density at radius 2 is 1.74 bits per heavy atom. The number of imide groups is 1. The van der Waals surface area contributed by atoms with Crippen molar-refractivity contribution in [3.8, 4) is 0 Å². The van der Waals surface area contributed by atoms with E-state index in [-0.39, 0.29) is 30.9 Å². The summed E-state index contributed by atoms with van der Waals surface area (Å²) >= 11 is 0. The molecule has 3 heterocycles. The highest BCUT2D eigenvalue weighted by atomic mass is 28.3. The monoisotopic (exact) mass is 500 g/mol. The summed E-state index contributed by atoms with van der Waals surface area (Å²) in [5, 5.41) is 0. The minimum atomic E-state index is -1.27. The van der Waals surface area contributed by atoms with E-state index in [4.69, 9.17) is 14.0 Å². The van der Waals surface area contributed by atoms with Gasteiger partial charge in [-0.25, -0.2) is 0 Å². The third-order valence-electron chi connectivity index (χ3n) is 7.56. The molecule has 3 aliphatic heterocycles. The number of likely N-dealkylation sites (tertiary alicyclic amines) is 1. The second-order valence-electron chi connectivity index (χ2n) is 12.0. The molecule has 8 nitrogen and oxygen atoms in total. The van der Waals surface area contributed by atoms with E-state index in [2.05, 4.69) is 19.6 Å². The van der Waals surface area contributed by atoms with Gasteiger partial charge >= 0.3 is 7.12 Å². The zero-order valence-electron chi connectivity index (χ0n) is 22.0. The molecule has 10 heteroatoms. The molecule has 0 N–H and O–H groups in total. The number of benzene rings is 1. The molecule has 0 aliphatic carbocycles. The highest BCUT2D eigenvalue weighted by Gasteiger charge is 2.52. The fourth-order valence-electron chi connectivity index (χ4n) is 4.52. The third-order valence-corrected chi connectivity index (χ3v) is 9.27. The lowest BCUT2D eigenvalue weighted by atomic mass is 9.78. The number of hydrogen-bond acceptors (Lipinski definition) is 6. The van der Waals surface area contributed by atoms with Gasteiger partial charge in [0.15, 0.2) is 0 Å². The Bertz CT molecular complexity index is 1020. The lowest BCUT2D eigenvalue weighted by Crippen LogP contribution is -2.55. The predicted molar refractivity (Wildman–Crippen MR) is 136 cm³/mol. The van der Waals surface area contributed by atoms with Crippen LogP contribution in [0.1, 0.15) is 56.5 Å². The Morgan fingerprint density at radius 3 is 2.37 bits per heavy atom. The first kappa shape index (κ1) is 26.1. The summed E-state index contributed by atoms with van der Waals surface area (Å²) in [7, 11) is -1.79. The summed E-state index contributed by atoms with van der Waals surface area (Å²) in [6, 6.07) is 5.86. The van der Waals surface area contributed by atoms with Gasteiger partial charge in [0.05, 0.1) is 11.2 Å². The number of ether oxygens (including phenoxy) is 1. The second kappa shape index (κ2) is 9.14. The summed E-state index contributed by atoms with van der Waals surface area (Å²) in [4.78, 5) is 41.7. The van der Waals surface area contributed by atoms with Crippen LogP contribution in [0.2, 0.25) is 25.7 Å². The number of nitrogens with zero attached hydrogens (tertiary/aromatic N) is 2. The van der Waals surface area contributed by atoms with Gasteiger partial charge in [-0.3, -0.25) is 19.3 Å². The number of hydrogen-bond donors (Lipinski definition) is 0. The molecule has 3 aliphatic rings. The number of fused-ring (bicyclic) bond motifs is 1. The number of amides is 3. The van der Waals surface area contributed by atoms with Crippen LogP contribution in [-0.4, -0.2) is 73.3 Å². The molecular weight excluding hydrogens is 463 g/mol. The molecule has 1 unspecified atom stereocenters. The van der Waals surface area contributed by atoms with Crippen molar-refractivity contribution >= 4 is 38.4 Å². The summed E-state index contributed by atoms with van der Waals surface area (Å²) in [5.74, 6) is -0.791. The van der Waals surface area contributed by atoms with Crippen LogP contribution in [0.25, 0.3) is 0 Å². The van der Waals surface area contributed by atoms with Crippen LogP contribution in [0.3, 0.4) is 0 Å². The SMILES string of the molecule is CC1(C)OB(c2ccc3c(c2)CN(C2CCC(=O)N(COCC[Si](C)(C)C)C2=O)C3=O)OC1(C)C. The van der Waals surface area contributed by atoms with Gasteiger partial charge in [-0.15, -0.1) is 0 Å². The maximum absolute atomic E-state index is 13.2. The van der Waals surface area contributed by atoms with Crippen LogP contribution in [-0.2, 0) is 30.2 Å². The fourth-order valence-corrected chi connectivity index (χ4v) is 5.28. The average Bonchev–Trinajstić information content (AvgIpc) is 3.18. The zero-order valence-corrected chi connectivity index (χ0v) is 23.0. The number of piperidine rings is 1. The quantitative estimate of drug-likeness (QED) is 0.325. The van der Waals surface area contributed by atoms with Crippen molar-refractivity contribution < 1.29 is 28.4 Å². The fraction of sp³-hybridized carbons (Fsp3) is 0.640. The predicted octanol–water partition coefficient (Wildman–Crippen LogP) is 2.77. The summed E-state index contributed by atoms with van der Waals surface area (Å²) < 4.78 is 18.0.